The molecule has 2 aromatic rings. The molecule has 0 aliphatic carbocycles. The molecule has 0 fully saturated rings. The smallest absolute Gasteiger partial charge is 0.216 e. The number of nitrogens with two attached hydrogens (primary N) is 1. The Hall–Kier alpha value is -0.940. The van der Waals surface area contributed by atoms with E-state index in [0.29, 0.717) is 12.5 Å². The first kappa shape index (κ1) is 10.6. The van der Waals surface area contributed by atoms with Gasteiger partial charge >= 0.3 is 0 Å². The first-order valence-electron chi connectivity index (χ1n) is 5.22. The van der Waals surface area contributed by atoms with Crippen LogP contribution in [0.3, 0.4) is 0 Å². The fourth-order valence-electron chi connectivity index (χ4n) is 1.65. The molecule has 0 spiro atoms. The Balaban J connectivity index is 2.40. The van der Waals surface area contributed by atoms with Crippen LogP contribution in [0.2, 0.25) is 0 Å². The van der Waals surface area contributed by atoms with E-state index >= 15 is 0 Å². The van der Waals surface area contributed by atoms with Crippen LogP contribution in [0.4, 0.5) is 0 Å². The van der Waals surface area contributed by atoms with Crippen molar-refractivity contribution in [3.63, 3.8) is 0 Å². The zero-order chi connectivity index (χ0) is 10.8. The SMILES string of the molecule is CC(C)Cc1nnc2scc(CCN)n12. The molecule has 5 heteroatoms. The van der Waals surface area contributed by atoms with Crippen LogP contribution in [0, 0.1) is 5.92 Å². The van der Waals surface area contributed by atoms with Crippen molar-refractivity contribution in [2.24, 2.45) is 11.7 Å². The van der Waals surface area contributed by atoms with Gasteiger partial charge in [-0.05, 0) is 12.5 Å². The standard InChI is InChI=1S/C10H16N4S/c1-7(2)5-9-12-13-10-14(9)8(3-4-11)6-15-10/h6-7H,3-5,11H2,1-2H3. The monoisotopic (exact) mass is 224 g/mol. The summed E-state index contributed by atoms with van der Waals surface area (Å²) in [5.41, 5.74) is 6.82. The lowest BCUT2D eigenvalue weighted by atomic mass is 10.1. The third-order valence-corrected chi connectivity index (χ3v) is 3.14. The van der Waals surface area contributed by atoms with Crippen molar-refractivity contribution in [2.45, 2.75) is 26.7 Å². The summed E-state index contributed by atoms with van der Waals surface area (Å²) in [6.45, 7) is 5.05. The van der Waals surface area contributed by atoms with Gasteiger partial charge in [-0.25, -0.2) is 0 Å². The Morgan fingerprint density at radius 3 is 2.93 bits per heavy atom. The van der Waals surface area contributed by atoms with E-state index in [4.69, 9.17) is 5.73 Å². The molecule has 2 heterocycles. The maximum absolute atomic E-state index is 5.58. The first-order valence-corrected chi connectivity index (χ1v) is 6.10. The predicted octanol–water partition coefficient (Wildman–Crippen LogP) is 1.49. The molecule has 0 unspecified atom stereocenters. The van der Waals surface area contributed by atoms with Gasteiger partial charge in [-0.2, -0.15) is 0 Å². The van der Waals surface area contributed by atoms with Gasteiger partial charge in [-0.15, -0.1) is 21.5 Å². The van der Waals surface area contributed by atoms with Gasteiger partial charge in [-0.1, -0.05) is 13.8 Å². The molecule has 2 N–H and O–H groups in total. The van der Waals surface area contributed by atoms with Crippen molar-refractivity contribution in [1.82, 2.24) is 14.6 Å². The molecule has 82 valence electrons. The number of hydrogen-bond donors (Lipinski definition) is 1. The summed E-state index contributed by atoms with van der Waals surface area (Å²) in [5.74, 6) is 1.66. The van der Waals surface area contributed by atoms with E-state index in [2.05, 4.69) is 33.8 Å². The van der Waals surface area contributed by atoms with Crippen molar-refractivity contribution in [3.05, 3.63) is 16.9 Å². The number of hydrogen-bond acceptors (Lipinski definition) is 4. The Morgan fingerprint density at radius 2 is 2.27 bits per heavy atom. The maximum Gasteiger partial charge on any atom is 0.216 e. The fraction of sp³-hybridized carbons (Fsp3) is 0.600. The minimum Gasteiger partial charge on any atom is -0.330 e. The largest absolute Gasteiger partial charge is 0.330 e. The van der Waals surface area contributed by atoms with Crippen LogP contribution < -0.4 is 5.73 Å². The zero-order valence-electron chi connectivity index (χ0n) is 9.10. The van der Waals surface area contributed by atoms with E-state index in [1.165, 1.54) is 5.69 Å². The molecule has 0 saturated carbocycles. The van der Waals surface area contributed by atoms with Gasteiger partial charge in [0.1, 0.15) is 5.82 Å². The highest BCUT2D eigenvalue weighted by atomic mass is 32.1. The second-order valence-electron chi connectivity index (χ2n) is 4.10. The second kappa shape index (κ2) is 4.28. The Labute approximate surface area is 93.1 Å². The van der Waals surface area contributed by atoms with Gasteiger partial charge < -0.3 is 5.73 Å². The molecule has 0 atom stereocenters. The molecule has 0 radical (unpaired) electrons. The molecule has 0 saturated heterocycles. The predicted molar refractivity (Wildman–Crippen MR) is 62.2 cm³/mol. The molecule has 0 amide bonds. The summed E-state index contributed by atoms with van der Waals surface area (Å²) in [7, 11) is 0. The first-order chi connectivity index (χ1) is 7.22. The fourth-order valence-corrected chi connectivity index (χ4v) is 2.54. The van der Waals surface area contributed by atoms with E-state index in [-0.39, 0.29) is 0 Å². The average Bonchev–Trinajstić information content (AvgIpc) is 2.71. The Kier molecular flexibility index (Phi) is 3.02. The molecule has 0 aliphatic rings. The molecule has 0 aliphatic heterocycles. The highest BCUT2D eigenvalue weighted by Gasteiger charge is 2.12. The third-order valence-electron chi connectivity index (χ3n) is 2.28. The van der Waals surface area contributed by atoms with Crippen molar-refractivity contribution >= 4 is 16.3 Å². The number of aromatic nitrogens is 3. The van der Waals surface area contributed by atoms with E-state index in [9.17, 15) is 0 Å². The lowest BCUT2D eigenvalue weighted by Crippen LogP contribution is -2.07. The molecule has 4 nitrogen and oxygen atoms in total. The normalized spacial score (nSPS) is 11.7. The van der Waals surface area contributed by atoms with E-state index in [1.54, 1.807) is 11.3 Å². The topological polar surface area (TPSA) is 56.2 Å². The van der Waals surface area contributed by atoms with Crippen LogP contribution in [0.15, 0.2) is 5.38 Å². The summed E-state index contributed by atoms with van der Waals surface area (Å²) in [5, 5.41) is 10.5. The minimum atomic E-state index is 0.600. The molecule has 0 bridgehead atoms. The summed E-state index contributed by atoms with van der Waals surface area (Å²) >= 11 is 1.64. The summed E-state index contributed by atoms with van der Waals surface area (Å²) in [4.78, 5) is 0.981. The van der Waals surface area contributed by atoms with E-state index in [1.807, 2.05) is 0 Å². The molecular formula is C10H16N4S. The van der Waals surface area contributed by atoms with Crippen LogP contribution >= 0.6 is 11.3 Å². The molecule has 15 heavy (non-hydrogen) atoms. The van der Waals surface area contributed by atoms with Crippen LogP contribution in [0.25, 0.3) is 4.96 Å². The van der Waals surface area contributed by atoms with Crippen LogP contribution in [-0.4, -0.2) is 21.1 Å². The number of rotatable bonds is 4. The van der Waals surface area contributed by atoms with Gasteiger partial charge in [0, 0.05) is 23.9 Å². The summed E-state index contributed by atoms with van der Waals surface area (Å²) in [6.07, 6.45) is 1.86. The summed E-state index contributed by atoms with van der Waals surface area (Å²) in [6, 6.07) is 0. The van der Waals surface area contributed by atoms with Crippen LogP contribution in [0.1, 0.15) is 25.4 Å². The summed E-state index contributed by atoms with van der Waals surface area (Å²) < 4.78 is 2.15. The third kappa shape index (κ3) is 2.03. The molecule has 0 aromatic carbocycles. The Bertz CT molecular complexity index is 443. The minimum absolute atomic E-state index is 0.600. The van der Waals surface area contributed by atoms with Crippen molar-refractivity contribution in [2.75, 3.05) is 6.54 Å². The average molecular weight is 224 g/mol. The van der Waals surface area contributed by atoms with Crippen molar-refractivity contribution in [3.8, 4) is 0 Å². The van der Waals surface area contributed by atoms with Gasteiger partial charge in [0.15, 0.2) is 0 Å². The lowest BCUT2D eigenvalue weighted by molar-refractivity contribution is 0.613. The zero-order valence-corrected chi connectivity index (χ0v) is 9.92. The van der Waals surface area contributed by atoms with E-state index < -0.39 is 0 Å². The number of nitrogens with zero attached hydrogens (tertiary/aromatic N) is 3. The maximum atomic E-state index is 5.58. The second-order valence-corrected chi connectivity index (χ2v) is 4.93. The van der Waals surface area contributed by atoms with Gasteiger partial charge in [-0.3, -0.25) is 4.40 Å². The van der Waals surface area contributed by atoms with Gasteiger partial charge in [0.25, 0.3) is 0 Å². The van der Waals surface area contributed by atoms with Crippen LogP contribution in [-0.2, 0) is 12.8 Å². The lowest BCUT2D eigenvalue weighted by Gasteiger charge is -2.03. The highest BCUT2D eigenvalue weighted by molar-refractivity contribution is 7.15. The molecule has 2 aromatic heterocycles. The van der Waals surface area contributed by atoms with Crippen molar-refractivity contribution in [1.29, 1.82) is 0 Å². The van der Waals surface area contributed by atoms with Crippen molar-refractivity contribution < 1.29 is 0 Å². The number of thiazole rings is 1. The van der Waals surface area contributed by atoms with Gasteiger partial charge in [0.2, 0.25) is 4.96 Å². The molecular weight excluding hydrogens is 208 g/mol. The van der Waals surface area contributed by atoms with Gasteiger partial charge in [0.05, 0.1) is 0 Å². The highest BCUT2D eigenvalue weighted by Crippen LogP contribution is 2.18. The number of fused-ring (bicyclic) bond motifs is 1. The van der Waals surface area contributed by atoms with E-state index in [0.717, 1.165) is 23.6 Å². The molecule has 2 rings (SSSR count). The Morgan fingerprint density at radius 1 is 1.47 bits per heavy atom. The quantitative estimate of drug-likeness (QED) is 0.856. The van der Waals surface area contributed by atoms with Crippen LogP contribution in [0.5, 0.6) is 0 Å².